The fraction of sp³-hybridized carbons (Fsp3) is 0.0435. The average molecular weight is 486 g/mol. The fourth-order valence-electron chi connectivity index (χ4n) is 2.78. The molecule has 0 bridgehead atoms. The second-order valence-corrected chi connectivity index (χ2v) is 8.00. The highest BCUT2D eigenvalue weighted by atomic mass is 79.9. The van der Waals surface area contributed by atoms with Crippen molar-refractivity contribution < 1.29 is 4.79 Å². The van der Waals surface area contributed by atoms with Crippen LogP contribution in [-0.4, -0.2) is 5.91 Å². The van der Waals surface area contributed by atoms with Crippen LogP contribution in [0.1, 0.15) is 16.7 Å². The summed E-state index contributed by atoms with van der Waals surface area (Å²) in [6.45, 7) is 0. The molecule has 0 aliphatic heterocycles. The number of nitriles is 1. The van der Waals surface area contributed by atoms with E-state index in [1.54, 1.807) is 30.3 Å². The molecule has 29 heavy (non-hydrogen) atoms. The Morgan fingerprint density at radius 2 is 1.83 bits per heavy atom. The molecule has 0 saturated heterocycles. The smallest absolute Gasteiger partial charge is 0.266 e. The Labute approximate surface area is 187 Å². The minimum atomic E-state index is -0.501. The monoisotopic (exact) mass is 484 g/mol. The molecule has 0 aromatic heterocycles. The molecule has 1 N–H and O–H groups in total. The lowest BCUT2D eigenvalue weighted by Crippen LogP contribution is -2.13. The molecule has 144 valence electrons. The molecule has 6 heteroatoms. The molecule has 3 aromatic carbocycles. The first-order valence-electron chi connectivity index (χ1n) is 8.67. The summed E-state index contributed by atoms with van der Waals surface area (Å²) >= 11 is 15.7. The Kier molecular flexibility index (Phi) is 7.11. The summed E-state index contributed by atoms with van der Waals surface area (Å²) in [6.07, 6.45) is 2.16. The van der Waals surface area contributed by atoms with E-state index in [4.69, 9.17) is 23.2 Å². The number of hydrogen-bond acceptors (Lipinski definition) is 2. The highest BCUT2D eigenvalue weighted by molar-refractivity contribution is 9.10. The lowest BCUT2D eigenvalue weighted by Gasteiger charge is -2.10. The lowest BCUT2D eigenvalue weighted by molar-refractivity contribution is -0.112. The zero-order valence-electron chi connectivity index (χ0n) is 15.1. The van der Waals surface area contributed by atoms with E-state index in [9.17, 15) is 10.1 Å². The van der Waals surface area contributed by atoms with Crippen molar-refractivity contribution in [3.63, 3.8) is 0 Å². The van der Waals surface area contributed by atoms with Crippen molar-refractivity contribution in [3.05, 3.63) is 104 Å². The van der Waals surface area contributed by atoms with Gasteiger partial charge in [-0.25, -0.2) is 0 Å². The van der Waals surface area contributed by atoms with Crippen LogP contribution < -0.4 is 5.32 Å². The Morgan fingerprint density at radius 3 is 2.55 bits per heavy atom. The molecule has 0 aliphatic rings. The van der Waals surface area contributed by atoms with E-state index in [-0.39, 0.29) is 5.57 Å². The average Bonchev–Trinajstić information content (AvgIpc) is 2.69. The van der Waals surface area contributed by atoms with E-state index in [0.717, 1.165) is 21.2 Å². The van der Waals surface area contributed by atoms with E-state index in [1.807, 2.05) is 48.5 Å². The molecule has 0 spiro atoms. The summed E-state index contributed by atoms with van der Waals surface area (Å²) in [5.41, 5.74) is 3.19. The number of hydrogen-bond donors (Lipinski definition) is 1. The summed E-state index contributed by atoms with van der Waals surface area (Å²) in [4.78, 5) is 12.6. The van der Waals surface area contributed by atoms with Gasteiger partial charge in [0.2, 0.25) is 0 Å². The van der Waals surface area contributed by atoms with Gasteiger partial charge < -0.3 is 5.32 Å². The van der Waals surface area contributed by atoms with Gasteiger partial charge in [-0.2, -0.15) is 5.26 Å². The molecule has 3 rings (SSSR count). The number of carbonyl (C=O) groups excluding carboxylic acids is 1. The molecule has 0 unspecified atom stereocenters. The first kappa shape index (κ1) is 21.1. The van der Waals surface area contributed by atoms with Gasteiger partial charge in [0.25, 0.3) is 5.91 Å². The van der Waals surface area contributed by atoms with Crippen LogP contribution in [0.4, 0.5) is 5.69 Å². The van der Waals surface area contributed by atoms with Gasteiger partial charge in [0, 0.05) is 20.2 Å². The molecule has 0 heterocycles. The molecule has 3 nitrogen and oxygen atoms in total. The van der Waals surface area contributed by atoms with Crippen molar-refractivity contribution in [2.45, 2.75) is 6.42 Å². The predicted octanol–water partition coefficient (Wildman–Crippen LogP) is 6.89. The van der Waals surface area contributed by atoms with Gasteiger partial charge in [0.1, 0.15) is 11.6 Å². The van der Waals surface area contributed by atoms with Gasteiger partial charge in [-0.3, -0.25) is 4.79 Å². The molecule has 0 fully saturated rings. The van der Waals surface area contributed by atoms with Gasteiger partial charge in [-0.15, -0.1) is 0 Å². The molecule has 1 amide bonds. The molecule has 0 saturated carbocycles. The molecule has 0 radical (unpaired) electrons. The van der Waals surface area contributed by atoms with E-state index >= 15 is 0 Å². The number of anilines is 1. The van der Waals surface area contributed by atoms with Crippen LogP contribution in [0.5, 0.6) is 0 Å². The molecular formula is C23H15BrCl2N2O. The van der Waals surface area contributed by atoms with Gasteiger partial charge in [0.15, 0.2) is 0 Å². The van der Waals surface area contributed by atoms with Crippen LogP contribution in [0.25, 0.3) is 6.08 Å². The topological polar surface area (TPSA) is 52.9 Å². The molecule has 0 aliphatic carbocycles. The third kappa shape index (κ3) is 5.71. The minimum absolute atomic E-state index is 0.0107. The van der Waals surface area contributed by atoms with Crippen LogP contribution in [0, 0.1) is 11.3 Å². The van der Waals surface area contributed by atoms with E-state index in [2.05, 4.69) is 21.2 Å². The molecule has 0 atom stereocenters. The number of halogens is 3. The maximum Gasteiger partial charge on any atom is 0.266 e. The summed E-state index contributed by atoms with van der Waals surface area (Å²) in [5.74, 6) is -0.501. The predicted molar refractivity (Wildman–Crippen MR) is 122 cm³/mol. The number of carbonyl (C=O) groups is 1. The third-order valence-electron chi connectivity index (χ3n) is 4.19. The number of nitrogens with one attached hydrogen (secondary N) is 1. The number of nitrogens with zero attached hydrogens (tertiary/aromatic N) is 1. The molecular weight excluding hydrogens is 471 g/mol. The van der Waals surface area contributed by atoms with E-state index in [0.29, 0.717) is 22.2 Å². The van der Waals surface area contributed by atoms with Crippen LogP contribution >= 0.6 is 39.1 Å². The van der Waals surface area contributed by atoms with Crippen molar-refractivity contribution in [1.82, 2.24) is 0 Å². The number of rotatable bonds is 5. The Morgan fingerprint density at radius 1 is 1.03 bits per heavy atom. The van der Waals surface area contributed by atoms with E-state index < -0.39 is 5.91 Å². The highest BCUT2D eigenvalue weighted by Crippen LogP contribution is 2.25. The summed E-state index contributed by atoms with van der Waals surface area (Å²) in [6, 6.07) is 22.1. The summed E-state index contributed by atoms with van der Waals surface area (Å²) in [5, 5.41) is 13.4. The van der Waals surface area contributed by atoms with Gasteiger partial charge in [-0.05, 0) is 65.6 Å². The van der Waals surface area contributed by atoms with Crippen LogP contribution in [0.3, 0.4) is 0 Å². The number of benzene rings is 3. The Hall–Kier alpha value is -2.58. The third-order valence-corrected chi connectivity index (χ3v) is 5.29. The van der Waals surface area contributed by atoms with Crippen molar-refractivity contribution in [2.24, 2.45) is 0 Å². The van der Waals surface area contributed by atoms with Crippen molar-refractivity contribution >= 4 is 56.8 Å². The lowest BCUT2D eigenvalue weighted by atomic mass is 9.98. The summed E-state index contributed by atoms with van der Waals surface area (Å²) < 4.78 is 0.846. The maximum atomic E-state index is 12.6. The van der Waals surface area contributed by atoms with Crippen LogP contribution in [0.2, 0.25) is 10.0 Å². The maximum absolute atomic E-state index is 12.6. The van der Waals surface area contributed by atoms with Crippen molar-refractivity contribution in [3.8, 4) is 6.07 Å². The second kappa shape index (κ2) is 9.76. The summed E-state index contributed by atoms with van der Waals surface area (Å²) in [7, 11) is 0. The standard InChI is InChI=1S/C23H15BrCl2N2O/c24-19-9-8-15(10-16-4-1-2-7-22(16)26)17(12-19)11-18(14-27)23(29)28-21-6-3-5-20(25)13-21/h1-9,11-13H,10H2,(H,28,29)/b18-11+. The van der Waals surface area contributed by atoms with E-state index in [1.165, 1.54) is 0 Å². The Balaban J connectivity index is 1.92. The Bertz CT molecular complexity index is 1140. The SMILES string of the molecule is N#C/C(=C\c1cc(Br)ccc1Cc1ccccc1Cl)C(=O)Nc1cccc(Cl)c1. The fourth-order valence-corrected chi connectivity index (χ4v) is 3.55. The zero-order valence-corrected chi connectivity index (χ0v) is 18.2. The first-order chi connectivity index (χ1) is 14.0. The molecule has 3 aromatic rings. The van der Waals surface area contributed by atoms with Crippen molar-refractivity contribution in [2.75, 3.05) is 5.32 Å². The second-order valence-electron chi connectivity index (χ2n) is 6.25. The van der Waals surface area contributed by atoms with Gasteiger partial charge in [-0.1, -0.05) is 69.5 Å². The van der Waals surface area contributed by atoms with Gasteiger partial charge in [0.05, 0.1) is 0 Å². The van der Waals surface area contributed by atoms with Gasteiger partial charge >= 0.3 is 0 Å². The minimum Gasteiger partial charge on any atom is -0.321 e. The first-order valence-corrected chi connectivity index (χ1v) is 10.2. The number of amides is 1. The normalized spacial score (nSPS) is 11.0. The van der Waals surface area contributed by atoms with Crippen LogP contribution in [0.15, 0.2) is 76.8 Å². The quantitative estimate of drug-likeness (QED) is 0.316. The largest absolute Gasteiger partial charge is 0.321 e. The van der Waals surface area contributed by atoms with Crippen molar-refractivity contribution in [1.29, 1.82) is 5.26 Å². The van der Waals surface area contributed by atoms with Crippen LogP contribution in [-0.2, 0) is 11.2 Å². The highest BCUT2D eigenvalue weighted by Gasteiger charge is 2.12. The zero-order chi connectivity index (χ0) is 20.8.